The van der Waals surface area contributed by atoms with E-state index in [9.17, 15) is 4.79 Å². The van der Waals surface area contributed by atoms with Crippen LogP contribution in [0.2, 0.25) is 0 Å². The van der Waals surface area contributed by atoms with Crippen LogP contribution in [0.25, 0.3) is 22.0 Å². The van der Waals surface area contributed by atoms with E-state index in [2.05, 4.69) is 46.5 Å². The largest absolute Gasteiger partial charge is 0.492 e. The second-order valence-electron chi connectivity index (χ2n) is 10.7. The number of amides is 1. The number of rotatable bonds is 7. The highest BCUT2D eigenvalue weighted by molar-refractivity contribution is 5.98. The van der Waals surface area contributed by atoms with Gasteiger partial charge in [-0.05, 0) is 107 Å². The molecule has 190 valence electrons. The molecule has 1 aliphatic carbocycles. The van der Waals surface area contributed by atoms with Gasteiger partial charge < -0.3 is 14.5 Å². The first-order chi connectivity index (χ1) is 17.8. The summed E-state index contributed by atoms with van der Waals surface area (Å²) in [5.74, 6) is 2.43. The van der Waals surface area contributed by atoms with E-state index in [1.807, 2.05) is 51.2 Å². The Morgan fingerprint density at radius 2 is 2.00 bits per heavy atom. The number of nitrogens with one attached hydrogen (secondary N) is 1. The Balaban J connectivity index is 1.31. The topological polar surface area (TPSA) is 67.6 Å². The molecular weight excluding hydrogens is 462 g/mol. The number of likely N-dealkylation sites (N-methyl/N-ethyl adjacent to an activating group) is 1. The molecule has 1 N–H and O–H groups in total. The molecule has 0 spiro atoms. The summed E-state index contributed by atoms with van der Waals surface area (Å²) in [6.45, 7) is 7.68. The number of ether oxygens (including phenoxy) is 1. The average molecular weight is 496 g/mol. The summed E-state index contributed by atoms with van der Waals surface area (Å²) in [6, 6.07) is 16.7. The minimum Gasteiger partial charge on any atom is -0.492 e. The molecular formula is C31H33N3O3. The summed E-state index contributed by atoms with van der Waals surface area (Å²) in [5, 5.41) is 4.47. The van der Waals surface area contributed by atoms with E-state index in [1.54, 1.807) is 0 Å². The second kappa shape index (κ2) is 9.03. The van der Waals surface area contributed by atoms with Crippen molar-refractivity contribution in [2.24, 2.45) is 0 Å². The van der Waals surface area contributed by atoms with E-state index in [0.717, 1.165) is 76.2 Å². The van der Waals surface area contributed by atoms with Crippen molar-refractivity contribution < 1.29 is 13.9 Å². The van der Waals surface area contributed by atoms with E-state index >= 15 is 0 Å². The molecule has 1 unspecified atom stereocenters. The van der Waals surface area contributed by atoms with Gasteiger partial charge in [-0.1, -0.05) is 12.1 Å². The van der Waals surface area contributed by atoms with Gasteiger partial charge in [0.25, 0.3) is 5.91 Å². The van der Waals surface area contributed by atoms with E-state index < -0.39 is 5.54 Å². The molecule has 6 heteroatoms. The molecule has 2 aromatic carbocycles. The third-order valence-corrected chi connectivity index (χ3v) is 8.03. The lowest BCUT2D eigenvalue weighted by Gasteiger charge is -2.37. The number of fused-ring (bicyclic) bond motifs is 1. The lowest BCUT2D eigenvalue weighted by Crippen LogP contribution is -2.48. The highest BCUT2D eigenvalue weighted by Crippen LogP contribution is 2.49. The summed E-state index contributed by atoms with van der Waals surface area (Å²) < 4.78 is 11.9. The zero-order valence-electron chi connectivity index (χ0n) is 21.9. The second-order valence-corrected chi connectivity index (χ2v) is 10.7. The SMILES string of the molecule is Cc1cc(-c2cc(C3(NC(=O)c4cc(OCC5CCN5C)ccc4C)CC3)c3cccnc3c2)c(C)o1. The normalized spacial score (nSPS) is 18.4. The van der Waals surface area contributed by atoms with Gasteiger partial charge in [-0.2, -0.15) is 0 Å². The smallest absolute Gasteiger partial charge is 0.252 e. The first kappa shape index (κ1) is 23.7. The van der Waals surface area contributed by atoms with E-state index in [-0.39, 0.29) is 5.91 Å². The number of hydrogen-bond acceptors (Lipinski definition) is 5. The lowest BCUT2D eigenvalue weighted by molar-refractivity contribution is 0.0767. The maximum Gasteiger partial charge on any atom is 0.252 e. The monoisotopic (exact) mass is 495 g/mol. The molecule has 4 aromatic rings. The molecule has 6 rings (SSSR count). The molecule has 2 aliphatic rings. The number of benzene rings is 2. The molecule has 37 heavy (non-hydrogen) atoms. The summed E-state index contributed by atoms with van der Waals surface area (Å²) in [7, 11) is 2.11. The third kappa shape index (κ3) is 4.40. The van der Waals surface area contributed by atoms with E-state index in [0.29, 0.717) is 18.2 Å². The number of aromatic nitrogens is 1. The number of carbonyl (C=O) groups is 1. The highest BCUT2D eigenvalue weighted by Gasteiger charge is 2.47. The Hall–Kier alpha value is -3.64. The molecule has 1 amide bonds. The molecule has 6 nitrogen and oxygen atoms in total. The lowest BCUT2D eigenvalue weighted by atomic mass is 9.93. The van der Waals surface area contributed by atoms with Crippen molar-refractivity contribution in [2.75, 3.05) is 20.2 Å². The van der Waals surface area contributed by atoms with Gasteiger partial charge in [-0.25, -0.2) is 0 Å². The van der Waals surface area contributed by atoms with Crippen LogP contribution in [-0.4, -0.2) is 42.0 Å². The first-order valence-corrected chi connectivity index (χ1v) is 13.1. The van der Waals surface area contributed by atoms with Crippen LogP contribution in [0, 0.1) is 20.8 Å². The maximum absolute atomic E-state index is 13.6. The van der Waals surface area contributed by atoms with Crippen LogP contribution in [0.15, 0.2) is 59.1 Å². The summed E-state index contributed by atoms with van der Waals surface area (Å²) in [5.41, 5.74) is 5.32. The van der Waals surface area contributed by atoms with Gasteiger partial charge in [-0.3, -0.25) is 14.7 Å². The summed E-state index contributed by atoms with van der Waals surface area (Å²) in [6.07, 6.45) is 4.74. The predicted molar refractivity (Wildman–Crippen MR) is 145 cm³/mol. The maximum atomic E-state index is 13.6. The predicted octanol–water partition coefficient (Wildman–Crippen LogP) is 5.92. The zero-order chi connectivity index (χ0) is 25.7. The minimum atomic E-state index is -0.418. The number of aryl methyl sites for hydroxylation is 3. The van der Waals surface area contributed by atoms with Gasteiger partial charge in [0.05, 0.1) is 11.1 Å². The molecule has 1 aliphatic heterocycles. The highest BCUT2D eigenvalue weighted by atomic mass is 16.5. The Kier molecular flexibility index (Phi) is 5.80. The average Bonchev–Trinajstić information content (AvgIpc) is 3.58. The first-order valence-electron chi connectivity index (χ1n) is 13.1. The molecule has 0 bridgehead atoms. The number of nitrogens with zero attached hydrogens (tertiary/aromatic N) is 2. The fraction of sp³-hybridized carbons (Fsp3) is 0.355. The number of likely N-dealkylation sites (tertiary alicyclic amines) is 1. The van der Waals surface area contributed by atoms with Crippen molar-refractivity contribution in [3.8, 4) is 16.9 Å². The van der Waals surface area contributed by atoms with Crippen molar-refractivity contribution in [2.45, 2.75) is 51.6 Å². The number of hydrogen-bond donors (Lipinski definition) is 1. The molecule has 2 aromatic heterocycles. The van der Waals surface area contributed by atoms with Crippen LogP contribution in [0.4, 0.5) is 0 Å². The van der Waals surface area contributed by atoms with Crippen molar-refractivity contribution in [3.05, 3.63) is 82.9 Å². The summed E-state index contributed by atoms with van der Waals surface area (Å²) in [4.78, 5) is 20.6. The quantitative estimate of drug-likeness (QED) is 0.345. The Morgan fingerprint density at radius 3 is 2.68 bits per heavy atom. The minimum absolute atomic E-state index is 0.0704. The molecule has 2 fully saturated rings. The van der Waals surface area contributed by atoms with Crippen LogP contribution in [0.3, 0.4) is 0 Å². The molecule has 1 saturated carbocycles. The van der Waals surface area contributed by atoms with Gasteiger partial charge >= 0.3 is 0 Å². The molecule has 1 atom stereocenters. The van der Waals surface area contributed by atoms with Crippen LogP contribution in [0.1, 0.15) is 52.3 Å². The van der Waals surface area contributed by atoms with Gasteiger partial charge in [-0.15, -0.1) is 0 Å². The third-order valence-electron chi connectivity index (χ3n) is 8.03. The summed E-state index contributed by atoms with van der Waals surface area (Å²) >= 11 is 0. The fourth-order valence-electron chi connectivity index (χ4n) is 5.43. The van der Waals surface area contributed by atoms with Gasteiger partial charge in [0.15, 0.2) is 0 Å². The van der Waals surface area contributed by atoms with Crippen molar-refractivity contribution >= 4 is 16.8 Å². The molecule has 1 saturated heterocycles. The standard InChI is InChI=1S/C31H33N3O3/c1-19-7-8-24(36-18-23-9-13-34(23)4)17-26(19)30(35)33-31(10-11-31)28-15-22(27-14-20(2)37-21(27)3)16-29-25(28)6-5-12-32-29/h5-8,12,14-17,23H,9-11,13,18H2,1-4H3,(H,33,35). The van der Waals surface area contributed by atoms with Crippen molar-refractivity contribution in [3.63, 3.8) is 0 Å². The van der Waals surface area contributed by atoms with Gasteiger partial charge in [0, 0.05) is 28.8 Å². The molecule has 3 heterocycles. The van der Waals surface area contributed by atoms with E-state index in [1.165, 1.54) is 0 Å². The number of pyridine rings is 1. The van der Waals surface area contributed by atoms with Crippen molar-refractivity contribution in [1.29, 1.82) is 0 Å². The van der Waals surface area contributed by atoms with Crippen LogP contribution in [-0.2, 0) is 5.54 Å². The van der Waals surface area contributed by atoms with Crippen molar-refractivity contribution in [1.82, 2.24) is 15.2 Å². The number of furan rings is 1. The Morgan fingerprint density at radius 1 is 1.16 bits per heavy atom. The fourth-order valence-corrected chi connectivity index (χ4v) is 5.43. The van der Waals surface area contributed by atoms with Crippen LogP contribution < -0.4 is 10.1 Å². The number of carbonyl (C=O) groups excluding carboxylic acids is 1. The Bertz CT molecular complexity index is 1500. The van der Waals surface area contributed by atoms with Crippen LogP contribution in [0.5, 0.6) is 5.75 Å². The Labute approximate surface area is 217 Å². The van der Waals surface area contributed by atoms with Crippen LogP contribution >= 0.6 is 0 Å². The van der Waals surface area contributed by atoms with Gasteiger partial charge in [0.2, 0.25) is 0 Å². The molecule has 0 radical (unpaired) electrons. The van der Waals surface area contributed by atoms with E-state index in [4.69, 9.17) is 9.15 Å². The zero-order valence-corrected chi connectivity index (χ0v) is 21.9. The van der Waals surface area contributed by atoms with Gasteiger partial charge in [0.1, 0.15) is 23.9 Å².